The van der Waals surface area contributed by atoms with Gasteiger partial charge in [0.05, 0.1) is 24.3 Å². The van der Waals surface area contributed by atoms with Gasteiger partial charge in [-0.1, -0.05) is 13.0 Å². The van der Waals surface area contributed by atoms with E-state index in [1.54, 1.807) is 11.0 Å². The van der Waals surface area contributed by atoms with E-state index in [9.17, 15) is 9.59 Å². The fourth-order valence-electron chi connectivity index (χ4n) is 7.05. The highest BCUT2D eigenvalue weighted by molar-refractivity contribution is 5.89. The van der Waals surface area contributed by atoms with E-state index in [0.29, 0.717) is 36.5 Å². The van der Waals surface area contributed by atoms with E-state index in [1.165, 1.54) is 0 Å². The van der Waals surface area contributed by atoms with Crippen LogP contribution in [0.2, 0.25) is 0 Å². The zero-order chi connectivity index (χ0) is 30.8. The number of piperidine rings is 1. The molecule has 7 rings (SSSR count). The third-order valence-corrected chi connectivity index (χ3v) is 9.69. The van der Waals surface area contributed by atoms with E-state index in [1.807, 2.05) is 48.1 Å². The number of carbonyl (C=O) groups is 1. The number of carbonyl (C=O) groups excluding carboxylic acids is 1. The number of cyclic esters (lactones) is 1. The van der Waals surface area contributed by atoms with Crippen molar-refractivity contribution in [1.82, 2.24) is 24.4 Å². The quantitative estimate of drug-likeness (QED) is 0.453. The van der Waals surface area contributed by atoms with Crippen LogP contribution in [0.1, 0.15) is 58.6 Å². The first-order chi connectivity index (χ1) is 21.0. The van der Waals surface area contributed by atoms with Gasteiger partial charge in [0, 0.05) is 41.2 Å². The maximum Gasteiger partial charge on any atom is 0.415 e. The van der Waals surface area contributed by atoms with Gasteiger partial charge in [-0.25, -0.2) is 14.8 Å². The summed E-state index contributed by atoms with van der Waals surface area (Å²) in [6, 6.07) is 9.31. The Hall–Kier alpha value is -4.03. The van der Waals surface area contributed by atoms with Crippen molar-refractivity contribution in [2.75, 3.05) is 48.5 Å². The van der Waals surface area contributed by atoms with Gasteiger partial charge in [-0.15, -0.1) is 0 Å². The predicted octanol–water partition coefficient (Wildman–Crippen LogP) is 4.37. The van der Waals surface area contributed by atoms with Gasteiger partial charge in [-0.2, -0.15) is 4.98 Å². The number of aromatic nitrogens is 4. The van der Waals surface area contributed by atoms with E-state index in [4.69, 9.17) is 19.4 Å². The van der Waals surface area contributed by atoms with Crippen molar-refractivity contribution >= 4 is 35.2 Å². The van der Waals surface area contributed by atoms with Gasteiger partial charge in [-0.05, 0) is 78.4 Å². The molecule has 0 aliphatic carbocycles. The molecule has 1 amide bonds. The number of likely N-dealkylation sites (tertiary alicyclic amines) is 1. The number of nitrogens with one attached hydrogen (secondary N) is 1. The molecule has 3 atom stereocenters. The summed E-state index contributed by atoms with van der Waals surface area (Å²) in [4.78, 5) is 46.4. The fraction of sp³-hybridized carbons (Fsp3) is 0.531. The van der Waals surface area contributed by atoms with E-state index in [0.717, 1.165) is 43.7 Å². The molecule has 7 heterocycles. The number of nitrogens with zero attached hydrogens (tertiary/aromatic N) is 7. The SMILES string of the molecule is C[C@H]1COC(=O)N1c1cccc(N2c3nc(Nc4ccn(C5CCN(C)CC5)c(=O)c4)ncc3[C@]3(C)COC(C)(C)C[C@H]23)n1. The molecule has 3 saturated heterocycles. The lowest BCUT2D eigenvalue weighted by molar-refractivity contribution is -0.0893. The van der Waals surface area contributed by atoms with Crippen LogP contribution in [0.3, 0.4) is 0 Å². The minimum absolute atomic E-state index is 0.00466. The Labute approximate surface area is 257 Å². The summed E-state index contributed by atoms with van der Waals surface area (Å²) >= 11 is 0. The van der Waals surface area contributed by atoms with E-state index in [2.05, 4.69) is 47.9 Å². The van der Waals surface area contributed by atoms with Crippen LogP contribution in [0.15, 0.2) is 47.5 Å². The van der Waals surface area contributed by atoms with Crippen molar-refractivity contribution in [3.8, 4) is 0 Å². The Kier molecular flexibility index (Phi) is 6.89. The summed E-state index contributed by atoms with van der Waals surface area (Å²) < 4.78 is 13.4. The van der Waals surface area contributed by atoms with Crippen molar-refractivity contribution in [3.63, 3.8) is 0 Å². The van der Waals surface area contributed by atoms with Crippen LogP contribution < -0.4 is 20.7 Å². The van der Waals surface area contributed by atoms with Crippen LogP contribution in [-0.4, -0.2) is 81.5 Å². The average Bonchev–Trinajstić information content (AvgIpc) is 3.45. The maximum absolute atomic E-state index is 13.1. The summed E-state index contributed by atoms with van der Waals surface area (Å²) in [5.74, 6) is 2.35. The minimum atomic E-state index is -0.396. The van der Waals surface area contributed by atoms with Gasteiger partial charge in [0.15, 0.2) is 0 Å². The monoisotopic (exact) mass is 600 g/mol. The number of pyridine rings is 2. The van der Waals surface area contributed by atoms with Crippen LogP contribution in [0.4, 0.5) is 33.9 Å². The van der Waals surface area contributed by atoms with Gasteiger partial charge in [-0.3, -0.25) is 9.69 Å². The predicted molar refractivity (Wildman–Crippen MR) is 167 cm³/mol. The molecule has 0 aromatic carbocycles. The fourth-order valence-corrected chi connectivity index (χ4v) is 7.05. The standard InChI is InChI=1S/C32H40N8O4/c1-20-18-43-30(42)39(20)25-7-6-8-26(35-25)40-24-16-31(2,3)44-19-32(24,4)23-17-33-29(36-28(23)40)34-21-9-14-38(27(41)15-21)22-10-12-37(5)13-11-22/h6-9,14-15,17,20,22,24H,10-13,16,18-19H2,1-5H3,(H,33,34,36)/t20-,24-,32-/m0/s1. The van der Waals surface area contributed by atoms with E-state index >= 15 is 0 Å². The minimum Gasteiger partial charge on any atom is -0.447 e. The van der Waals surface area contributed by atoms with Crippen molar-refractivity contribution in [2.24, 2.45) is 0 Å². The number of hydrogen-bond acceptors (Lipinski definition) is 10. The largest absolute Gasteiger partial charge is 0.447 e. The second-order valence-corrected chi connectivity index (χ2v) is 13.5. The van der Waals surface area contributed by atoms with Crippen LogP contribution >= 0.6 is 0 Å². The van der Waals surface area contributed by atoms with Gasteiger partial charge in [0.1, 0.15) is 24.1 Å². The lowest BCUT2D eigenvalue weighted by Gasteiger charge is -2.46. The molecule has 4 aliphatic heterocycles. The van der Waals surface area contributed by atoms with Gasteiger partial charge >= 0.3 is 6.09 Å². The number of fused-ring (bicyclic) bond motifs is 3. The molecule has 0 saturated carbocycles. The van der Waals surface area contributed by atoms with Crippen molar-refractivity contribution in [3.05, 3.63) is 58.6 Å². The first-order valence-corrected chi connectivity index (χ1v) is 15.4. The van der Waals surface area contributed by atoms with Crippen LogP contribution in [-0.2, 0) is 14.9 Å². The summed E-state index contributed by atoms with van der Waals surface area (Å²) in [7, 11) is 2.11. The summed E-state index contributed by atoms with van der Waals surface area (Å²) in [6.45, 7) is 11.1. The van der Waals surface area contributed by atoms with Crippen LogP contribution in [0, 0.1) is 0 Å². The molecule has 12 nitrogen and oxygen atoms in total. The first kappa shape index (κ1) is 28.7. The molecule has 44 heavy (non-hydrogen) atoms. The third-order valence-electron chi connectivity index (χ3n) is 9.69. The molecule has 3 aromatic rings. The number of anilines is 5. The molecule has 1 N–H and O–H groups in total. The highest BCUT2D eigenvalue weighted by Crippen LogP contribution is 2.53. The summed E-state index contributed by atoms with van der Waals surface area (Å²) in [5.41, 5.74) is 0.846. The number of amides is 1. The molecule has 3 fully saturated rings. The molecule has 0 unspecified atom stereocenters. The Morgan fingerprint density at radius 1 is 1.02 bits per heavy atom. The molecular weight excluding hydrogens is 560 g/mol. The number of hydrogen-bond donors (Lipinski definition) is 1. The molecule has 232 valence electrons. The highest BCUT2D eigenvalue weighted by Gasteiger charge is 2.55. The molecule has 0 spiro atoms. The maximum atomic E-state index is 13.1. The van der Waals surface area contributed by atoms with E-state index in [-0.39, 0.29) is 34.7 Å². The lowest BCUT2D eigenvalue weighted by atomic mass is 9.73. The van der Waals surface area contributed by atoms with Gasteiger partial charge in [0.25, 0.3) is 5.56 Å². The van der Waals surface area contributed by atoms with E-state index < -0.39 is 6.09 Å². The third kappa shape index (κ3) is 4.89. The zero-order valence-corrected chi connectivity index (χ0v) is 26.0. The molecule has 12 heteroatoms. The Balaban J connectivity index is 1.24. The smallest absolute Gasteiger partial charge is 0.415 e. The topological polar surface area (TPSA) is 118 Å². The van der Waals surface area contributed by atoms with Crippen molar-refractivity contribution < 1.29 is 14.3 Å². The van der Waals surface area contributed by atoms with Gasteiger partial charge in [0.2, 0.25) is 5.95 Å². The second-order valence-electron chi connectivity index (χ2n) is 13.5. The lowest BCUT2D eigenvalue weighted by Crippen LogP contribution is -2.54. The van der Waals surface area contributed by atoms with Crippen LogP contribution in [0.25, 0.3) is 0 Å². The molecule has 3 aromatic heterocycles. The Morgan fingerprint density at radius 3 is 2.48 bits per heavy atom. The second kappa shape index (κ2) is 10.6. The number of rotatable bonds is 5. The van der Waals surface area contributed by atoms with Crippen molar-refractivity contribution in [2.45, 2.75) is 76.1 Å². The Morgan fingerprint density at radius 2 is 1.77 bits per heavy atom. The number of ether oxygens (including phenoxy) is 2. The Bertz CT molecular complexity index is 1650. The summed E-state index contributed by atoms with van der Waals surface area (Å²) in [6.07, 6.45) is 6.00. The normalized spacial score (nSPS) is 26.8. The highest BCUT2D eigenvalue weighted by atomic mass is 16.6. The molecule has 4 aliphatic rings. The van der Waals surface area contributed by atoms with Gasteiger partial charge < -0.3 is 29.2 Å². The average molecular weight is 601 g/mol. The van der Waals surface area contributed by atoms with Crippen LogP contribution in [0.5, 0.6) is 0 Å². The summed E-state index contributed by atoms with van der Waals surface area (Å²) in [5, 5.41) is 3.27. The van der Waals surface area contributed by atoms with Crippen molar-refractivity contribution in [1.29, 1.82) is 0 Å². The first-order valence-electron chi connectivity index (χ1n) is 15.4. The molecular formula is C32H40N8O4. The zero-order valence-electron chi connectivity index (χ0n) is 26.0. The molecule has 0 radical (unpaired) electrons. The molecule has 0 bridgehead atoms.